The number of hydrogen-bond donors (Lipinski definition) is 0. The lowest BCUT2D eigenvalue weighted by Crippen LogP contribution is -2.27. The first-order valence-corrected chi connectivity index (χ1v) is 5.63. The van der Waals surface area contributed by atoms with E-state index in [9.17, 15) is 14.9 Å². The van der Waals surface area contributed by atoms with Gasteiger partial charge in [0.1, 0.15) is 5.60 Å². The molecule has 0 aliphatic rings. The standard InChI is InChI=1S/C12H13N3O4/c1-12(2,3)19-11(16)14-10-5-4-9(15(17)18)6-8(10)7-13-14/h4-7H,1-3H3. The number of carbonyl (C=O) groups excluding carboxylic acids is 1. The van der Waals surface area contributed by atoms with Crippen LogP contribution in [0.1, 0.15) is 20.8 Å². The Hall–Kier alpha value is -2.44. The minimum atomic E-state index is -0.629. The molecule has 0 N–H and O–H groups in total. The zero-order valence-corrected chi connectivity index (χ0v) is 10.8. The summed E-state index contributed by atoms with van der Waals surface area (Å²) in [6.07, 6.45) is 0.781. The molecule has 0 bridgehead atoms. The van der Waals surface area contributed by atoms with E-state index in [0.29, 0.717) is 10.9 Å². The van der Waals surface area contributed by atoms with Crippen LogP contribution in [0.25, 0.3) is 10.9 Å². The summed E-state index contributed by atoms with van der Waals surface area (Å²) in [6, 6.07) is 4.17. The molecule has 0 unspecified atom stereocenters. The normalized spacial score (nSPS) is 11.5. The first kappa shape index (κ1) is 13.0. The van der Waals surface area contributed by atoms with Crippen molar-refractivity contribution in [3.8, 4) is 0 Å². The largest absolute Gasteiger partial charge is 0.442 e. The summed E-state index contributed by atoms with van der Waals surface area (Å²) in [5.74, 6) is 0. The molecule has 7 nitrogen and oxygen atoms in total. The van der Waals surface area contributed by atoms with E-state index in [1.54, 1.807) is 20.8 Å². The molecule has 0 aliphatic carbocycles. The lowest BCUT2D eigenvalue weighted by molar-refractivity contribution is -0.384. The second-order valence-electron chi connectivity index (χ2n) is 5.04. The fourth-order valence-corrected chi connectivity index (χ4v) is 1.58. The number of benzene rings is 1. The van der Waals surface area contributed by atoms with Crippen LogP contribution in [0.4, 0.5) is 10.5 Å². The molecular formula is C12H13N3O4. The number of hydrogen-bond acceptors (Lipinski definition) is 5. The van der Waals surface area contributed by atoms with Gasteiger partial charge in [0.25, 0.3) is 5.69 Å². The second-order valence-corrected chi connectivity index (χ2v) is 5.04. The van der Waals surface area contributed by atoms with Crippen molar-refractivity contribution in [1.82, 2.24) is 9.78 Å². The van der Waals surface area contributed by atoms with E-state index in [4.69, 9.17) is 4.74 Å². The number of nitro groups is 1. The molecule has 1 aromatic carbocycles. The van der Waals surface area contributed by atoms with Crippen LogP contribution in [-0.2, 0) is 4.74 Å². The summed E-state index contributed by atoms with van der Waals surface area (Å²) >= 11 is 0. The van der Waals surface area contributed by atoms with Gasteiger partial charge in [0, 0.05) is 17.5 Å². The summed E-state index contributed by atoms with van der Waals surface area (Å²) in [7, 11) is 0. The number of aromatic nitrogens is 2. The summed E-state index contributed by atoms with van der Waals surface area (Å²) in [5.41, 5.74) is -0.202. The fourth-order valence-electron chi connectivity index (χ4n) is 1.58. The Bertz CT molecular complexity index is 655. The van der Waals surface area contributed by atoms with Crippen molar-refractivity contribution in [2.24, 2.45) is 0 Å². The van der Waals surface area contributed by atoms with Gasteiger partial charge in [-0.25, -0.2) is 4.79 Å². The molecule has 0 atom stereocenters. The number of ether oxygens (including phenoxy) is 1. The van der Waals surface area contributed by atoms with E-state index >= 15 is 0 Å². The van der Waals surface area contributed by atoms with Crippen LogP contribution in [0.3, 0.4) is 0 Å². The Morgan fingerprint density at radius 2 is 2.11 bits per heavy atom. The van der Waals surface area contributed by atoms with Gasteiger partial charge in [-0.3, -0.25) is 10.1 Å². The van der Waals surface area contributed by atoms with Gasteiger partial charge in [-0.15, -0.1) is 0 Å². The van der Waals surface area contributed by atoms with Gasteiger partial charge in [-0.1, -0.05) is 0 Å². The minimum Gasteiger partial charge on any atom is -0.442 e. The molecule has 1 aromatic heterocycles. The van der Waals surface area contributed by atoms with Crippen molar-refractivity contribution in [1.29, 1.82) is 0 Å². The molecule has 100 valence electrons. The average Bonchev–Trinajstić information content (AvgIpc) is 2.68. The van der Waals surface area contributed by atoms with Gasteiger partial charge in [0.05, 0.1) is 16.6 Å². The van der Waals surface area contributed by atoms with Crippen molar-refractivity contribution >= 4 is 22.7 Å². The zero-order valence-electron chi connectivity index (χ0n) is 10.8. The Morgan fingerprint density at radius 3 is 2.68 bits per heavy atom. The zero-order chi connectivity index (χ0) is 14.2. The number of non-ortho nitro benzene ring substituents is 1. The molecule has 2 rings (SSSR count). The van der Waals surface area contributed by atoms with Gasteiger partial charge in [-0.05, 0) is 26.8 Å². The molecule has 0 aliphatic heterocycles. The van der Waals surface area contributed by atoms with Crippen LogP contribution in [-0.4, -0.2) is 26.4 Å². The summed E-state index contributed by atoms with van der Waals surface area (Å²) in [4.78, 5) is 22.1. The highest BCUT2D eigenvalue weighted by atomic mass is 16.6. The van der Waals surface area contributed by atoms with Crippen molar-refractivity contribution in [3.05, 3.63) is 34.5 Å². The molecule has 0 spiro atoms. The Kier molecular flexibility index (Phi) is 2.97. The maximum Gasteiger partial charge on any atom is 0.435 e. The molecule has 2 aromatic rings. The first-order valence-electron chi connectivity index (χ1n) is 5.63. The quantitative estimate of drug-likeness (QED) is 0.583. The maximum absolute atomic E-state index is 11.9. The Labute approximate surface area is 108 Å². The highest BCUT2D eigenvalue weighted by Crippen LogP contribution is 2.21. The minimum absolute atomic E-state index is 0.0451. The number of nitrogens with zero attached hydrogens (tertiary/aromatic N) is 3. The number of carbonyl (C=O) groups is 1. The van der Waals surface area contributed by atoms with E-state index in [0.717, 1.165) is 4.68 Å². The second kappa shape index (κ2) is 4.34. The lowest BCUT2D eigenvalue weighted by Gasteiger charge is -2.19. The molecule has 0 saturated carbocycles. The third-order valence-corrected chi connectivity index (χ3v) is 2.33. The number of nitro benzene ring substituents is 1. The topological polar surface area (TPSA) is 87.3 Å². The molecule has 0 radical (unpaired) electrons. The Balaban J connectivity index is 2.41. The fraction of sp³-hybridized carbons (Fsp3) is 0.333. The van der Waals surface area contributed by atoms with Crippen LogP contribution in [0.5, 0.6) is 0 Å². The van der Waals surface area contributed by atoms with Gasteiger partial charge in [0.15, 0.2) is 0 Å². The monoisotopic (exact) mass is 263 g/mol. The average molecular weight is 263 g/mol. The third kappa shape index (κ3) is 2.70. The van der Waals surface area contributed by atoms with E-state index in [1.807, 2.05) is 0 Å². The summed E-state index contributed by atoms with van der Waals surface area (Å²) in [6.45, 7) is 5.25. The third-order valence-electron chi connectivity index (χ3n) is 2.33. The molecule has 0 saturated heterocycles. The van der Waals surface area contributed by atoms with Crippen molar-refractivity contribution < 1.29 is 14.5 Å². The molecule has 0 fully saturated rings. The van der Waals surface area contributed by atoms with Crippen LogP contribution in [0, 0.1) is 10.1 Å². The molecular weight excluding hydrogens is 250 g/mol. The summed E-state index contributed by atoms with van der Waals surface area (Å²) in [5, 5.41) is 15.1. The van der Waals surface area contributed by atoms with E-state index in [1.165, 1.54) is 24.4 Å². The van der Waals surface area contributed by atoms with E-state index < -0.39 is 16.6 Å². The highest BCUT2D eigenvalue weighted by Gasteiger charge is 2.20. The van der Waals surface area contributed by atoms with Crippen LogP contribution in [0.15, 0.2) is 24.4 Å². The predicted octanol–water partition coefficient (Wildman–Crippen LogP) is 2.73. The van der Waals surface area contributed by atoms with Crippen LogP contribution in [0.2, 0.25) is 0 Å². The lowest BCUT2D eigenvalue weighted by atomic mass is 10.2. The predicted molar refractivity (Wildman–Crippen MR) is 68.0 cm³/mol. The number of rotatable bonds is 1. The van der Waals surface area contributed by atoms with Gasteiger partial charge in [-0.2, -0.15) is 9.78 Å². The summed E-state index contributed by atoms with van der Waals surface area (Å²) < 4.78 is 6.28. The number of fused-ring (bicyclic) bond motifs is 1. The molecule has 0 amide bonds. The molecule has 1 heterocycles. The Morgan fingerprint density at radius 1 is 1.42 bits per heavy atom. The van der Waals surface area contributed by atoms with E-state index in [-0.39, 0.29) is 5.69 Å². The van der Waals surface area contributed by atoms with Crippen molar-refractivity contribution in [3.63, 3.8) is 0 Å². The van der Waals surface area contributed by atoms with Gasteiger partial charge < -0.3 is 4.74 Å². The maximum atomic E-state index is 11.9. The molecule has 7 heteroatoms. The molecule has 19 heavy (non-hydrogen) atoms. The van der Waals surface area contributed by atoms with Gasteiger partial charge >= 0.3 is 6.09 Å². The highest BCUT2D eigenvalue weighted by molar-refractivity contribution is 5.88. The van der Waals surface area contributed by atoms with Crippen LogP contribution < -0.4 is 0 Å². The van der Waals surface area contributed by atoms with Gasteiger partial charge in [0.2, 0.25) is 0 Å². The van der Waals surface area contributed by atoms with Crippen LogP contribution >= 0.6 is 0 Å². The smallest absolute Gasteiger partial charge is 0.435 e. The van der Waals surface area contributed by atoms with E-state index in [2.05, 4.69) is 5.10 Å². The first-order chi connectivity index (χ1) is 8.78. The van der Waals surface area contributed by atoms with Crippen molar-refractivity contribution in [2.75, 3.05) is 0 Å². The SMILES string of the molecule is CC(C)(C)OC(=O)n1ncc2cc([N+](=O)[O-])ccc21. The van der Waals surface area contributed by atoms with Crippen molar-refractivity contribution in [2.45, 2.75) is 26.4 Å².